The Morgan fingerprint density at radius 1 is 1.43 bits per heavy atom. The molecule has 84 valence electrons. The molecule has 0 radical (unpaired) electrons. The topological polar surface area (TPSA) is 49.4 Å². The van der Waals surface area contributed by atoms with E-state index in [9.17, 15) is 8.42 Å². The maximum absolute atomic E-state index is 11.2. The van der Waals surface area contributed by atoms with E-state index in [1.807, 2.05) is 0 Å². The highest BCUT2D eigenvalue weighted by Crippen LogP contribution is 2.10. The number of halogens is 1. The van der Waals surface area contributed by atoms with Crippen LogP contribution in [0.1, 0.15) is 19.8 Å². The first-order valence-corrected chi connectivity index (χ1v) is 7.04. The molecule has 0 aromatic heterocycles. The Bertz CT molecular complexity index is 261. The third-order valence-corrected chi connectivity index (χ3v) is 4.37. The van der Waals surface area contributed by atoms with E-state index in [1.165, 1.54) is 0 Å². The second kappa shape index (κ2) is 5.30. The fourth-order valence-electron chi connectivity index (χ4n) is 1.65. The van der Waals surface area contributed by atoms with Gasteiger partial charge >= 0.3 is 0 Å². The maximum atomic E-state index is 11.2. The molecule has 6 heteroatoms. The largest absolute Gasteiger partial charge is 0.303 e. The number of likely N-dealkylation sites (tertiary alicyclic amines) is 1. The lowest BCUT2D eigenvalue weighted by Crippen LogP contribution is -2.44. The van der Waals surface area contributed by atoms with Crippen LogP contribution in [0.4, 0.5) is 0 Å². The molecule has 4 nitrogen and oxygen atoms in total. The number of hydrogen-bond acceptors (Lipinski definition) is 3. The lowest BCUT2D eigenvalue weighted by Gasteiger charge is -2.30. The highest BCUT2D eigenvalue weighted by Gasteiger charge is 2.21. The summed E-state index contributed by atoms with van der Waals surface area (Å²) >= 11 is 5.31. The third-order valence-electron chi connectivity index (χ3n) is 2.52. The summed E-state index contributed by atoms with van der Waals surface area (Å²) < 4.78 is 24.9. The molecule has 1 rings (SSSR count). The zero-order chi connectivity index (χ0) is 10.6. The second-order valence-corrected chi connectivity index (χ2v) is 5.89. The van der Waals surface area contributed by atoms with Gasteiger partial charge in [0.05, 0.1) is 0 Å². The Labute approximate surface area is 90.7 Å². The fraction of sp³-hybridized carbons (Fsp3) is 1.00. The van der Waals surface area contributed by atoms with Gasteiger partial charge in [-0.05, 0) is 32.5 Å². The average molecular weight is 241 g/mol. The van der Waals surface area contributed by atoms with E-state index in [0.717, 1.165) is 32.5 Å². The van der Waals surface area contributed by atoms with Crippen LogP contribution in [0, 0.1) is 0 Å². The van der Waals surface area contributed by atoms with Crippen LogP contribution in [-0.2, 0) is 10.0 Å². The number of sulfonamides is 1. The van der Waals surface area contributed by atoms with Crippen molar-refractivity contribution in [3.05, 3.63) is 0 Å². The van der Waals surface area contributed by atoms with E-state index >= 15 is 0 Å². The molecule has 0 spiro atoms. The van der Waals surface area contributed by atoms with Crippen molar-refractivity contribution < 1.29 is 8.42 Å². The summed E-state index contributed by atoms with van der Waals surface area (Å²) in [5, 5.41) is -0.346. The SMILES string of the molecule is CCN1CCC(NS(=O)(=O)CCl)CC1. The standard InChI is InChI=1S/C8H17ClN2O2S/c1-2-11-5-3-8(4-6-11)10-14(12,13)7-9/h8,10H,2-7H2,1H3. The van der Waals surface area contributed by atoms with Crippen LogP contribution < -0.4 is 4.72 Å². The van der Waals surface area contributed by atoms with Crippen LogP contribution in [0.5, 0.6) is 0 Å². The minimum absolute atomic E-state index is 0.0709. The van der Waals surface area contributed by atoms with Gasteiger partial charge in [-0.3, -0.25) is 0 Å². The van der Waals surface area contributed by atoms with Gasteiger partial charge in [0.1, 0.15) is 5.21 Å². The maximum Gasteiger partial charge on any atom is 0.225 e. The smallest absolute Gasteiger partial charge is 0.225 e. The molecule has 0 atom stereocenters. The molecular formula is C8H17ClN2O2S. The molecular weight excluding hydrogens is 224 g/mol. The lowest BCUT2D eigenvalue weighted by molar-refractivity contribution is 0.217. The van der Waals surface area contributed by atoms with Crippen molar-refractivity contribution in [1.29, 1.82) is 0 Å². The molecule has 1 N–H and O–H groups in total. The molecule has 0 unspecified atom stereocenters. The summed E-state index contributed by atoms with van der Waals surface area (Å²) in [7, 11) is -3.25. The van der Waals surface area contributed by atoms with Gasteiger partial charge in [-0.2, -0.15) is 0 Å². The summed E-state index contributed by atoms with van der Waals surface area (Å²) in [6.45, 7) is 5.08. The van der Waals surface area contributed by atoms with E-state index in [2.05, 4.69) is 16.5 Å². The zero-order valence-electron chi connectivity index (χ0n) is 8.37. The molecule has 0 amide bonds. The van der Waals surface area contributed by atoms with Gasteiger partial charge in [0, 0.05) is 6.04 Å². The minimum Gasteiger partial charge on any atom is -0.303 e. The predicted molar refractivity (Wildman–Crippen MR) is 57.9 cm³/mol. The highest BCUT2D eigenvalue weighted by atomic mass is 35.5. The van der Waals surface area contributed by atoms with E-state index < -0.39 is 10.0 Å². The van der Waals surface area contributed by atoms with Crippen molar-refractivity contribution in [2.24, 2.45) is 0 Å². The summed E-state index contributed by atoms with van der Waals surface area (Å²) in [5.74, 6) is 0. The minimum atomic E-state index is -3.25. The molecule has 0 aromatic carbocycles. The number of piperidine rings is 1. The van der Waals surface area contributed by atoms with Crippen molar-refractivity contribution >= 4 is 21.6 Å². The monoisotopic (exact) mass is 240 g/mol. The van der Waals surface area contributed by atoms with Crippen LogP contribution in [0.2, 0.25) is 0 Å². The Balaban J connectivity index is 2.36. The molecule has 0 aromatic rings. The Morgan fingerprint density at radius 3 is 2.43 bits per heavy atom. The van der Waals surface area contributed by atoms with E-state index in [1.54, 1.807) is 0 Å². The number of rotatable bonds is 4. The Kier molecular flexibility index (Phi) is 4.63. The van der Waals surface area contributed by atoms with Crippen LogP contribution in [0.25, 0.3) is 0 Å². The van der Waals surface area contributed by atoms with Gasteiger partial charge in [-0.1, -0.05) is 6.92 Å². The predicted octanol–water partition coefficient (Wildman–Crippen LogP) is 0.586. The number of alkyl halides is 1. The summed E-state index contributed by atoms with van der Waals surface area (Å²) in [5.41, 5.74) is 0. The van der Waals surface area contributed by atoms with Crippen LogP contribution in [-0.4, -0.2) is 44.2 Å². The third kappa shape index (κ3) is 3.73. The molecule has 1 saturated heterocycles. The summed E-state index contributed by atoms with van der Waals surface area (Å²) in [6, 6.07) is 0.0709. The Hall–Kier alpha value is 0.160. The van der Waals surface area contributed by atoms with Crippen LogP contribution in [0.3, 0.4) is 0 Å². The van der Waals surface area contributed by atoms with Gasteiger partial charge in [-0.25, -0.2) is 13.1 Å². The second-order valence-electron chi connectivity index (χ2n) is 3.55. The van der Waals surface area contributed by atoms with Crippen molar-refractivity contribution in [2.75, 3.05) is 24.8 Å². The first-order valence-electron chi connectivity index (χ1n) is 4.85. The molecule has 1 aliphatic rings. The van der Waals surface area contributed by atoms with Gasteiger partial charge < -0.3 is 4.90 Å². The highest BCUT2D eigenvalue weighted by molar-refractivity contribution is 7.90. The van der Waals surface area contributed by atoms with E-state index in [0.29, 0.717) is 0 Å². The lowest BCUT2D eigenvalue weighted by atomic mass is 10.1. The van der Waals surface area contributed by atoms with Gasteiger partial charge in [0.15, 0.2) is 0 Å². The summed E-state index contributed by atoms with van der Waals surface area (Å²) in [6.07, 6.45) is 1.76. The van der Waals surface area contributed by atoms with E-state index in [4.69, 9.17) is 11.6 Å². The molecule has 0 bridgehead atoms. The number of hydrogen-bond donors (Lipinski definition) is 1. The molecule has 0 aliphatic carbocycles. The average Bonchev–Trinajstić information content (AvgIpc) is 2.19. The van der Waals surface area contributed by atoms with Gasteiger partial charge in [-0.15, -0.1) is 11.6 Å². The molecule has 0 saturated carbocycles. The molecule has 1 heterocycles. The summed E-state index contributed by atoms with van der Waals surface area (Å²) in [4.78, 5) is 2.31. The molecule has 1 fully saturated rings. The van der Waals surface area contributed by atoms with Gasteiger partial charge in [0.25, 0.3) is 0 Å². The zero-order valence-corrected chi connectivity index (χ0v) is 9.94. The van der Waals surface area contributed by atoms with Crippen molar-refractivity contribution in [3.63, 3.8) is 0 Å². The van der Waals surface area contributed by atoms with Gasteiger partial charge in [0.2, 0.25) is 10.0 Å². The van der Waals surface area contributed by atoms with Crippen LogP contribution >= 0.6 is 11.6 Å². The first kappa shape index (κ1) is 12.2. The number of nitrogens with zero attached hydrogens (tertiary/aromatic N) is 1. The quantitative estimate of drug-likeness (QED) is 0.732. The van der Waals surface area contributed by atoms with Crippen molar-refractivity contribution in [2.45, 2.75) is 25.8 Å². The first-order chi connectivity index (χ1) is 6.57. The van der Waals surface area contributed by atoms with Crippen molar-refractivity contribution in [3.8, 4) is 0 Å². The fourth-order valence-corrected chi connectivity index (χ4v) is 2.65. The van der Waals surface area contributed by atoms with Crippen molar-refractivity contribution in [1.82, 2.24) is 9.62 Å². The van der Waals surface area contributed by atoms with Crippen LogP contribution in [0.15, 0.2) is 0 Å². The molecule has 1 aliphatic heterocycles. The number of nitrogens with one attached hydrogen (secondary N) is 1. The molecule has 14 heavy (non-hydrogen) atoms. The van der Waals surface area contributed by atoms with E-state index in [-0.39, 0.29) is 11.3 Å². The normalized spacial score (nSPS) is 21.3. The Morgan fingerprint density at radius 2 is 2.00 bits per heavy atom.